The summed E-state index contributed by atoms with van der Waals surface area (Å²) in [6.45, 7) is 0. The lowest BCUT2D eigenvalue weighted by Crippen LogP contribution is -2.44. The predicted molar refractivity (Wildman–Crippen MR) is 125 cm³/mol. The van der Waals surface area contributed by atoms with E-state index in [0.717, 1.165) is 24.0 Å². The molecular formula is C27H31NO6. The summed E-state index contributed by atoms with van der Waals surface area (Å²) < 4.78 is 0. The van der Waals surface area contributed by atoms with Crippen LogP contribution in [0.1, 0.15) is 68.1 Å². The number of aryl methyl sites for hydroxylation is 1. The lowest BCUT2D eigenvalue weighted by molar-refractivity contribution is -0.127. The minimum atomic E-state index is -1.08. The summed E-state index contributed by atoms with van der Waals surface area (Å²) in [6.07, 6.45) is 9.13. The van der Waals surface area contributed by atoms with Crippen LogP contribution in [-0.2, 0) is 27.2 Å². The van der Waals surface area contributed by atoms with Crippen molar-refractivity contribution in [3.8, 4) is 5.75 Å². The summed E-state index contributed by atoms with van der Waals surface area (Å²) in [5.41, 5.74) is 7.17. The van der Waals surface area contributed by atoms with Gasteiger partial charge in [0, 0.05) is 12.0 Å². The number of fused-ring (bicyclic) bond motifs is 3. The maximum atomic E-state index is 13.5. The highest BCUT2D eigenvalue weighted by Crippen LogP contribution is 2.50. The molecule has 180 valence electrons. The number of aliphatic hydroxyl groups excluding tert-OH is 2. The number of primary amides is 1. The number of carbonyl (C=O) groups is 3. The highest BCUT2D eigenvalue weighted by molar-refractivity contribution is 6.21. The number of benzene rings is 1. The first-order valence-electron chi connectivity index (χ1n) is 12.4. The highest BCUT2D eigenvalue weighted by atomic mass is 16.3. The number of phenols is 1. The van der Waals surface area contributed by atoms with Gasteiger partial charge in [0.25, 0.3) is 5.91 Å². The van der Waals surface area contributed by atoms with E-state index >= 15 is 0 Å². The second-order valence-corrected chi connectivity index (χ2v) is 10.4. The average molecular weight is 466 g/mol. The van der Waals surface area contributed by atoms with Crippen LogP contribution < -0.4 is 5.73 Å². The molecule has 4 aliphatic rings. The fourth-order valence-corrected chi connectivity index (χ4v) is 6.78. The van der Waals surface area contributed by atoms with Gasteiger partial charge in [0.1, 0.15) is 22.8 Å². The largest absolute Gasteiger partial charge is 0.511 e. The number of aliphatic hydroxyl groups is 2. The van der Waals surface area contributed by atoms with Gasteiger partial charge >= 0.3 is 0 Å². The van der Waals surface area contributed by atoms with Crippen molar-refractivity contribution in [2.24, 2.45) is 29.4 Å². The molecule has 7 heteroatoms. The number of nitrogens with two attached hydrogens (primary N) is 1. The minimum Gasteiger partial charge on any atom is -0.511 e. The zero-order chi connectivity index (χ0) is 24.1. The van der Waals surface area contributed by atoms with Crippen molar-refractivity contribution in [3.63, 3.8) is 0 Å². The summed E-state index contributed by atoms with van der Waals surface area (Å²) in [4.78, 5) is 37.6. The number of hydrogen-bond acceptors (Lipinski definition) is 6. The Kier molecular flexibility index (Phi) is 5.74. The van der Waals surface area contributed by atoms with Crippen LogP contribution in [0.3, 0.4) is 0 Å². The summed E-state index contributed by atoms with van der Waals surface area (Å²) in [5, 5.41) is 32.4. The van der Waals surface area contributed by atoms with Gasteiger partial charge in [-0.1, -0.05) is 38.2 Å². The number of Topliss-reactive ketones (excluding diaryl/α,β-unsaturated/α-hetero) is 2. The smallest absolute Gasteiger partial charge is 0.255 e. The molecule has 0 saturated heterocycles. The number of hydrogen-bond donors (Lipinski definition) is 4. The number of carbonyl (C=O) groups excluding carboxylic acids is 3. The van der Waals surface area contributed by atoms with Gasteiger partial charge in [0.15, 0.2) is 11.6 Å². The summed E-state index contributed by atoms with van der Waals surface area (Å²) in [6, 6.07) is 3.49. The Hall–Kier alpha value is -3.09. The normalized spacial score (nSPS) is 27.4. The number of amides is 1. The van der Waals surface area contributed by atoms with Gasteiger partial charge in [-0.25, -0.2) is 0 Å². The molecule has 34 heavy (non-hydrogen) atoms. The van der Waals surface area contributed by atoms with Crippen molar-refractivity contribution >= 4 is 23.2 Å². The van der Waals surface area contributed by atoms with E-state index in [1.807, 2.05) is 6.07 Å². The van der Waals surface area contributed by atoms with Gasteiger partial charge < -0.3 is 21.1 Å². The van der Waals surface area contributed by atoms with Gasteiger partial charge in [0.05, 0.1) is 11.5 Å². The number of rotatable bonds is 4. The molecule has 2 unspecified atom stereocenters. The Balaban J connectivity index is 1.51. The van der Waals surface area contributed by atoms with Crippen LogP contribution >= 0.6 is 0 Å². The molecule has 0 bridgehead atoms. The van der Waals surface area contributed by atoms with E-state index in [-0.39, 0.29) is 29.4 Å². The summed E-state index contributed by atoms with van der Waals surface area (Å²) in [5.74, 6) is -4.16. The Bertz CT molecular complexity index is 1140. The van der Waals surface area contributed by atoms with Gasteiger partial charge in [-0.2, -0.15) is 0 Å². The van der Waals surface area contributed by atoms with E-state index in [2.05, 4.69) is 0 Å². The lowest BCUT2D eigenvalue weighted by Gasteiger charge is -2.41. The number of aromatic hydroxyl groups is 1. The first-order chi connectivity index (χ1) is 16.3. The van der Waals surface area contributed by atoms with E-state index in [4.69, 9.17) is 5.73 Å². The lowest BCUT2D eigenvalue weighted by atomic mass is 9.61. The van der Waals surface area contributed by atoms with Crippen molar-refractivity contribution in [2.75, 3.05) is 0 Å². The van der Waals surface area contributed by atoms with Crippen LogP contribution in [0, 0.1) is 23.7 Å². The van der Waals surface area contributed by atoms with Gasteiger partial charge in [-0.3, -0.25) is 14.4 Å². The number of allylic oxidation sites excluding steroid dienone is 2. The standard InChI is InChI=1S/C27H31NO6/c28-27(34)23-19(30)12-16-10-15-11-17-14(7-6-13-4-2-1-3-5-13)8-9-18(29)22(17)25(32)20(15)24(31)21(16)26(23)33/h8-9,13,15-16,21,29,32-33H,1-7,10-12H2,(H2,28,34)/t15?,16-,21?/m0/s1. The monoisotopic (exact) mass is 465 g/mol. The first-order valence-corrected chi connectivity index (χ1v) is 12.4. The molecule has 3 atom stereocenters. The molecule has 1 aromatic rings. The molecule has 1 aromatic carbocycles. The molecule has 0 aliphatic heterocycles. The molecule has 2 saturated carbocycles. The van der Waals surface area contributed by atoms with Crippen LogP contribution in [-0.4, -0.2) is 32.8 Å². The molecular weight excluding hydrogens is 434 g/mol. The van der Waals surface area contributed by atoms with Crippen LogP contribution in [0.2, 0.25) is 0 Å². The predicted octanol–water partition coefficient (Wildman–Crippen LogP) is 3.82. The maximum absolute atomic E-state index is 13.5. The van der Waals surface area contributed by atoms with Crippen LogP contribution in [0.5, 0.6) is 5.75 Å². The Morgan fingerprint density at radius 1 is 1.03 bits per heavy atom. The molecule has 4 aliphatic carbocycles. The summed E-state index contributed by atoms with van der Waals surface area (Å²) >= 11 is 0. The van der Waals surface area contributed by atoms with E-state index in [0.29, 0.717) is 24.3 Å². The first kappa shape index (κ1) is 22.7. The third-order valence-corrected chi connectivity index (χ3v) is 8.42. The van der Waals surface area contributed by atoms with Crippen LogP contribution in [0.25, 0.3) is 5.76 Å². The van der Waals surface area contributed by atoms with E-state index in [9.17, 15) is 29.7 Å². The zero-order valence-electron chi connectivity index (χ0n) is 19.2. The van der Waals surface area contributed by atoms with Crippen LogP contribution in [0.15, 0.2) is 29.0 Å². The van der Waals surface area contributed by atoms with Crippen molar-refractivity contribution in [3.05, 3.63) is 45.7 Å². The Morgan fingerprint density at radius 2 is 1.76 bits per heavy atom. The summed E-state index contributed by atoms with van der Waals surface area (Å²) in [7, 11) is 0. The fraction of sp³-hybridized carbons (Fsp3) is 0.519. The van der Waals surface area contributed by atoms with Crippen molar-refractivity contribution in [2.45, 2.75) is 64.2 Å². The van der Waals surface area contributed by atoms with Crippen molar-refractivity contribution in [1.82, 2.24) is 0 Å². The minimum absolute atomic E-state index is 0.0370. The molecule has 1 amide bonds. The third kappa shape index (κ3) is 3.62. The third-order valence-electron chi connectivity index (χ3n) is 8.42. The zero-order valence-corrected chi connectivity index (χ0v) is 19.2. The molecule has 5 rings (SSSR count). The molecule has 0 spiro atoms. The van der Waals surface area contributed by atoms with Crippen LogP contribution in [0.4, 0.5) is 0 Å². The average Bonchev–Trinajstić information content (AvgIpc) is 2.78. The second-order valence-electron chi connectivity index (χ2n) is 10.4. The topological polar surface area (TPSA) is 138 Å². The van der Waals surface area contributed by atoms with Gasteiger partial charge in [-0.05, 0) is 60.6 Å². The highest BCUT2D eigenvalue weighted by Gasteiger charge is 2.50. The molecule has 5 N–H and O–H groups in total. The molecule has 0 heterocycles. The Labute approximate surface area is 198 Å². The molecule has 0 radical (unpaired) electrons. The Morgan fingerprint density at radius 3 is 2.47 bits per heavy atom. The van der Waals surface area contributed by atoms with E-state index in [1.54, 1.807) is 6.07 Å². The molecule has 2 fully saturated rings. The maximum Gasteiger partial charge on any atom is 0.255 e. The number of phenolic OH excluding ortho intramolecular Hbond substituents is 1. The van der Waals surface area contributed by atoms with E-state index < -0.39 is 40.6 Å². The van der Waals surface area contributed by atoms with Crippen molar-refractivity contribution < 1.29 is 29.7 Å². The van der Waals surface area contributed by atoms with Gasteiger partial charge in [-0.15, -0.1) is 0 Å². The molecule has 0 aromatic heterocycles. The van der Waals surface area contributed by atoms with Crippen molar-refractivity contribution in [1.29, 1.82) is 0 Å². The number of ketones is 2. The fourth-order valence-electron chi connectivity index (χ4n) is 6.78. The molecule has 7 nitrogen and oxygen atoms in total. The second kappa shape index (κ2) is 8.60. The SMILES string of the molecule is NC(=O)C1=C(O)C2C(=O)C3=C(O)c4c(O)ccc(CCC5CCCCC5)c4CC3C[C@H]2CC1=O. The van der Waals surface area contributed by atoms with Gasteiger partial charge in [0.2, 0.25) is 0 Å². The quantitative estimate of drug-likeness (QED) is 0.499. The van der Waals surface area contributed by atoms with E-state index in [1.165, 1.54) is 32.1 Å².